The Morgan fingerprint density at radius 1 is 1.25 bits per heavy atom. The monoisotopic (exact) mass is 285 g/mol. The van der Waals surface area contributed by atoms with Crippen molar-refractivity contribution in [2.24, 2.45) is 11.1 Å². The maximum Gasteiger partial charge on any atom is 0.230 e. The van der Waals surface area contributed by atoms with E-state index in [2.05, 4.69) is 4.90 Å². The zero-order chi connectivity index (χ0) is 14.4. The summed E-state index contributed by atoms with van der Waals surface area (Å²) in [6.07, 6.45) is 1.51. The van der Waals surface area contributed by atoms with E-state index >= 15 is 0 Å². The lowest BCUT2D eigenvalue weighted by atomic mass is 9.78. The number of hydrogen-bond donors (Lipinski definition) is 1. The fourth-order valence-electron chi connectivity index (χ4n) is 3.00. The molecule has 0 spiro atoms. The number of nitrogens with two attached hydrogens (primary N) is 1. The van der Waals surface area contributed by atoms with Crippen LogP contribution in [0.1, 0.15) is 12.8 Å². The lowest BCUT2D eigenvalue weighted by Crippen LogP contribution is -2.56. The van der Waals surface area contributed by atoms with Gasteiger partial charge in [0.25, 0.3) is 0 Å². The first-order valence-electron chi connectivity index (χ1n) is 7.50. The highest BCUT2D eigenvalue weighted by atomic mass is 16.5. The van der Waals surface area contributed by atoms with Gasteiger partial charge >= 0.3 is 0 Å². The van der Waals surface area contributed by atoms with Crippen LogP contribution in [0.2, 0.25) is 0 Å². The number of rotatable bonds is 5. The molecule has 0 radical (unpaired) electrons. The minimum Gasteiger partial charge on any atom is -0.383 e. The van der Waals surface area contributed by atoms with Gasteiger partial charge in [0, 0.05) is 59.6 Å². The van der Waals surface area contributed by atoms with Crippen LogP contribution in [0, 0.1) is 5.41 Å². The van der Waals surface area contributed by atoms with Gasteiger partial charge in [0.2, 0.25) is 5.91 Å². The molecule has 0 atom stereocenters. The molecule has 20 heavy (non-hydrogen) atoms. The standard InChI is InChI=1S/C14H27N3O3/c1-19-11-8-16-4-6-17(7-5-16)13(18)14(12-15)2-9-20-10-3-14/h2-12,15H2,1H3. The Kier molecular flexibility index (Phi) is 5.77. The van der Waals surface area contributed by atoms with Crippen LogP contribution in [0.5, 0.6) is 0 Å². The first-order valence-corrected chi connectivity index (χ1v) is 7.50. The van der Waals surface area contributed by atoms with E-state index in [1.807, 2.05) is 4.90 Å². The van der Waals surface area contributed by atoms with Crippen molar-refractivity contribution in [3.8, 4) is 0 Å². The lowest BCUT2D eigenvalue weighted by molar-refractivity contribution is -0.149. The van der Waals surface area contributed by atoms with Crippen molar-refractivity contribution in [1.29, 1.82) is 0 Å². The molecule has 2 N–H and O–H groups in total. The van der Waals surface area contributed by atoms with Crippen molar-refractivity contribution in [3.63, 3.8) is 0 Å². The molecule has 2 rings (SSSR count). The average Bonchev–Trinajstić information content (AvgIpc) is 2.53. The summed E-state index contributed by atoms with van der Waals surface area (Å²) in [4.78, 5) is 17.1. The molecule has 0 aliphatic carbocycles. The number of hydrogen-bond acceptors (Lipinski definition) is 5. The number of ether oxygens (including phenoxy) is 2. The fraction of sp³-hybridized carbons (Fsp3) is 0.929. The van der Waals surface area contributed by atoms with Crippen molar-refractivity contribution in [2.75, 3.05) is 66.2 Å². The topological polar surface area (TPSA) is 68.0 Å². The van der Waals surface area contributed by atoms with Crippen LogP contribution < -0.4 is 5.73 Å². The van der Waals surface area contributed by atoms with Crippen LogP contribution in [0.15, 0.2) is 0 Å². The molecule has 0 unspecified atom stereocenters. The minimum atomic E-state index is -0.382. The van der Waals surface area contributed by atoms with E-state index in [9.17, 15) is 4.79 Å². The molecule has 6 heteroatoms. The van der Waals surface area contributed by atoms with Crippen LogP contribution in [0.3, 0.4) is 0 Å². The van der Waals surface area contributed by atoms with Gasteiger partial charge in [-0.15, -0.1) is 0 Å². The molecule has 116 valence electrons. The second-order valence-corrected chi connectivity index (χ2v) is 5.72. The summed E-state index contributed by atoms with van der Waals surface area (Å²) in [7, 11) is 1.72. The van der Waals surface area contributed by atoms with E-state index in [0.717, 1.165) is 52.2 Å². The number of amides is 1. The van der Waals surface area contributed by atoms with Gasteiger partial charge in [-0.05, 0) is 12.8 Å². The molecule has 2 heterocycles. The molecule has 0 aromatic heterocycles. The maximum absolute atomic E-state index is 12.8. The molecule has 1 amide bonds. The van der Waals surface area contributed by atoms with Crippen LogP contribution >= 0.6 is 0 Å². The third-order valence-corrected chi connectivity index (χ3v) is 4.57. The highest BCUT2D eigenvalue weighted by Gasteiger charge is 2.41. The molecule has 2 saturated heterocycles. The molecule has 0 saturated carbocycles. The first kappa shape index (κ1) is 15.7. The molecule has 2 aliphatic heterocycles. The Balaban J connectivity index is 1.87. The highest BCUT2D eigenvalue weighted by Crippen LogP contribution is 2.32. The second kappa shape index (κ2) is 7.36. The number of carbonyl (C=O) groups is 1. The zero-order valence-corrected chi connectivity index (χ0v) is 12.5. The number of methoxy groups -OCH3 is 1. The van der Waals surface area contributed by atoms with E-state index in [1.165, 1.54) is 0 Å². The van der Waals surface area contributed by atoms with Crippen LogP contribution in [-0.2, 0) is 14.3 Å². The SMILES string of the molecule is COCCN1CCN(C(=O)C2(CN)CCOCC2)CC1. The molecular formula is C14H27N3O3. The summed E-state index contributed by atoms with van der Waals surface area (Å²) < 4.78 is 10.5. The Bertz CT molecular complexity index is 311. The van der Waals surface area contributed by atoms with Gasteiger partial charge < -0.3 is 20.1 Å². The highest BCUT2D eigenvalue weighted by molar-refractivity contribution is 5.83. The predicted molar refractivity (Wildman–Crippen MR) is 76.4 cm³/mol. The van der Waals surface area contributed by atoms with Crippen LogP contribution in [0.25, 0.3) is 0 Å². The molecule has 6 nitrogen and oxygen atoms in total. The predicted octanol–water partition coefficient (Wildman–Crippen LogP) is -0.467. The molecule has 0 aromatic carbocycles. The smallest absolute Gasteiger partial charge is 0.230 e. The summed E-state index contributed by atoms with van der Waals surface area (Å²) in [6.45, 7) is 6.85. The first-order chi connectivity index (χ1) is 9.72. The molecule has 2 fully saturated rings. The normalized spacial score (nSPS) is 23.8. The third-order valence-electron chi connectivity index (χ3n) is 4.57. The van der Waals surface area contributed by atoms with Crippen LogP contribution in [-0.4, -0.2) is 81.9 Å². The van der Waals surface area contributed by atoms with Crippen LogP contribution in [0.4, 0.5) is 0 Å². The van der Waals surface area contributed by atoms with E-state index in [4.69, 9.17) is 15.2 Å². The van der Waals surface area contributed by atoms with E-state index < -0.39 is 0 Å². The van der Waals surface area contributed by atoms with Crippen molar-refractivity contribution < 1.29 is 14.3 Å². The van der Waals surface area contributed by atoms with Gasteiger partial charge in [-0.25, -0.2) is 0 Å². The van der Waals surface area contributed by atoms with Crippen molar-refractivity contribution in [3.05, 3.63) is 0 Å². The van der Waals surface area contributed by atoms with Gasteiger partial charge in [0.15, 0.2) is 0 Å². The van der Waals surface area contributed by atoms with E-state index in [0.29, 0.717) is 19.8 Å². The second-order valence-electron chi connectivity index (χ2n) is 5.72. The zero-order valence-electron chi connectivity index (χ0n) is 12.5. The Hall–Kier alpha value is -0.690. The molecule has 0 aromatic rings. The number of carbonyl (C=O) groups excluding carboxylic acids is 1. The quantitative estimate of drug-likeness (QED) is 0.740. The Morgan fingerprint density at radius 2 is 1.90 bits per heavy atom. The van der Waals surface area contributed by atoms with Crippen molar-refractivity contribution >= 4 is 5.91 Å². The van der Waals surface area contributed by atoms with Gasteiger partial charge in [-0.3, -0.25) is 9.69 Å². The van der Waals surface area contributed by atoms with Gasteiger partial charge in [0.05, 0.1) is 12.0 Å². The summed E-state index contributed by atoms with van der Waals surface area (Å²) in [6, 6.07) is 0. The summed E-state index contributed by atoms with van der Waals surface area (Å²) >= 11 is 0. The van der Waals surface area contributed by atoms with Gasteiger partial charge in [-0.1, -0.05) is 0 Å². The fourth-order valence-corrected chi connectivity index (χ4v) is 3.00. The maximum atomic E-state index is 12.8. The number of piperazine rings is 1. The van der Waals surface area contributed by atoms with Gasteiger partial charge in [0.1, 0.15) is 0 Å². The molecular weight excluding hydrogens is 258 g/mol. The third kappa shape index (κ3) is 3.49. The lowest BCUT2D eigenvalue weighted by Gasteiger charge is -2.42. The van der Waals surface area contributed by atoms with E-state index in [1.54, 1.807) is 7.11 Å². The minimum absolute atomic E-state index is 0.231. The Labute approximate surface area is 121 Å². The summed E-state index contributed by atoms with van der Waals surface area (Å²) in [5.74, 6) is 0.231. The van der Waals surface area contributed by atoms with Gasteiger partial charge in [-0.2, -0.15) is 0 Å². The molecule has 0 bridgehead atoms. The summed E-state index contributed by atoms with van der Waals surface area (Å²) in [5, 5.41) is 0. The largest absolute Gasteiger partial charge is 0.383 e. The van der Waals surface area contributed by atoms with Crippen molar-refractivity contribution in [2.45, 2.75) is 12.8 Å². The number of nitrogens with zero attached hydrogens (tertiary/aromatic N) is 2. The van der Waals surface area contributed by atoms with Crippen molar-refractivity contribution in [1.82, 2.24) is 9.80 Å². The molecule has 2 aliphatic rings. The summed E-state index contributed by atoms with van der Waals surface area (Å²) in [5.41, 5.74) is 5.53. The average molecular weight is 285 g/mol. The Morgan fingerprint density at radius 3 is 2.45 bits per heavy atom. The van der Waals surface area contributed by atoms with E-state index in [-0.39, 0.29) is 11.3 Å².